The van der Waals surface area contributed by atoms with E-state index in [9.17, 15) is 4.39 Å². The minimum absolute atomic E-state index is 0.0281. The monoisotopic (exact) mass is 302 g/mol. The van der Waals surface area contributed by atoms with E-state index in [1.165, 1.54) is 0 Å². The molecule has 0 atom stereocenters. The van der Waals surface area contributed by atoms with Crippen molar-refractivity contribution >= 4 is 5.69 Å². The number of hydrogen-bond acceptors (Lipinski definition) is 4. The van der Waals surface area contributed by atoms with E-state index >= 15 is 0 Å². The molecule has 0 saturated carbocycles. The molecule has 4 nitrogen and oxygen atoms in total. The Bertz CT molecular complexity index is 684. The largest absolute Gasteiger partial charge is 0.485 e. The van der Waals surface area contributed by atoms with E-state index in [0.717, 1.165) is 17.1 Å². The molecule has 0 bridgehead atoms. The molecule has 1 saturated heterocycles. The zero-order chi connectivity index (χ0) is 15.7. The fourth-order valence-electron chi connectivity index (χ4n) is 2.62. The van der Waals surface area contributed by atoms with Crippen LogP contribution in [0.2, 0.25) is 0 Å². The van der Waals surface area contributed by atoms with Gasteiger partial charge in [-0.25, -0.2) is 4.39 Å². The topological polar surface area (TPSA) is 45.6 Å². The fourth-order valence-corrected chi connectivity index (χ4v) is 2.62. The molecule has 5 heteroatoms. The maximum absolute atomic E-state index is 14.2. The molecule has 1 aliphatic heterocycles. The Morgan fingerprint density at radius 1 is 1.27 bits per heavy atom. The van der Waals surface area contributed by atoms with Gasteiger partial charge in [0.25, 0.3) is 0 Å². The van der Waals surface area contributed by atoms with E-state index in [0.29, 0.717) is 24.3 Å². The van der Waals surface area contributed by atoms with E-state index in [1.54, 1.807) is 18.2 Å². The van der Waals surface area contributed by atoms with Gasteiger partial charge in [0, 0.05) is 11.3 Å². The Balaban J connectivity index is 1.65. The molecule has 1 aliphatic rings. The van der Waals surface area contributed by atoms with Crippen molar-refractivity contribution in [1.82, 2.24) is 4.98 Å². The second kappa shape index (κ2) is 5.93. The van der Waals surface area contributed by atoms with Gasteiger partial charge in [0.15, 0.2) is 5.82 Å². The molecular formula is C17H19FN2O2. The summed E-state index contributed by atoms with van der Waals surface area (Å²) < 4.78 is 20.1. The molecule has 1 fully saturated rings. The smallest absolute Gasteiger partial charge is 0.151 e. The zero-order valence-corrected chi connectivity index (χ0v) is 12.7. The van der Waals surface area contributed by atoms with Gasteiger partial charge >= 0.3 is 0 Å². The number of ether oxygens (including phenoxy) is 1. The molecule has 0 amide bonds. The van der Waals surface area contributed by atoms with Gasteiger partial charge in [-0.1, -0.05) is 12.1 Å². The predicted octanol–water partition coefficient (Wildman–Crippen LogP) is 2.60. The van der Waals surface area contributed by atoms with Crippen LogP contribution >= 0.6 is 0 Å². The van der Waals surface area contributed by atoms with Crippen LogP contribution in [0.3, 0.4) is 0 Å². The van der Waals surface area contributed by atoms with Crippen LogP contribution in [0.1, 0.15) is 17.0 Å². The molecule has 116 valence electrons. The normalized spacial score (nSPS) is 14.8. The number of anilines is 1. The first-order valence-electron chi connectivity index (χ1n) is 7.32. The van der Waals surface area contributed by atoms with Crippen LogP contribution in [0.5, 0.6) is 5.75 Å². The van der Waals surface area contributed by atoms with E-state index < -0.39 is 0 Å². The van der Waals surface area contributed by atoms with E-state index in [1.807, 2.05) is 30.9 Å². The number of pyridine rings is 1. The van der Waals surface area contributed by atoms with Crippen molar-refractivity contribution in [2.24, 2.45) is 0 Å². The third kappa shape index (κ3) is 2.76. The summed E-state index contributed by atoms with van der Waals surface area (Å²) in [5.74, 6) is 0.427. The molecule has 2 heterocycles. The van der Waals surface area contributed by atoms with Gasteiger partial charge in [-0.3, -0.25) is 4.98 Å². The molecule has 3 rings (SSSR count). The minimum atomic E-state index is -0.350. The van der Waals surface area contributed by atoms with Gasteiger partial charge in [0.1, 0.15) is 11.9 Å². The van der Waals surface area contributed by atoms with Crippen molar-refractivity contribution in [3.63, 3.8) is 0 Å². The van der Waals surface area contributed by atoms with Gasteiger partial charge in [0.2, 0.25) is 0 Å². The maximum Gasteiger partial charge on any atom is 0.151 e. The van der Waals surface area contributed by atoms with Crippen molar-refractivity contribution < 1.29 is 14.2 Å². The SMILES string of the molecule is Cc1ccc(OC2CN(c3cccc(CO)c3F)C2)c(C)n1. The second-order valence-electron chi connectivity index (χ2n) is 5.59. The van der Waals surface area contributed by atoms with Crippen molar-refractivity contribution in [1.29, 1.82) is 0 Å². The Morgan fingerprint density at radius 3 is 2.73 bits per heavy atom. The molecule has 1 aromatic carbocycles. The van der Waals surface area contributed by atoms with Crippen molar-refractivity contribution in [3.05, 3.63) is 53.1 Å². The molecule has 0 spiro atoms. The summed E-state index contributed by atoms with van der Waals surface area (Å²) in [6, 6.07) is 8.92. The second-order valence-corrected chi connectivity index (χ2v) is 5.59. The molecule has 1 aromatic heterocycles. The molecule has 2 aromatic rings. The minimum Gasteiger partial charge on any atom is -0.485 e. The highest BCUT2D eigenvalue weighted by molar-refractivity contribution is 5.53. The van der Waals surface area contributed by atoms with Crippen LogP contribution < -0.4 is 9.64 Å². The fraction of sp³-hybridized carbons (Fsp3) is 0.353. The molecule has 0 aliphatic carbocycles. The Morgan fingerprint density at radius 2 is 2.05 bits per heavy atom. The number of aliphatic hydroxyl groups is 1. The van der Waals surface area contributed by atoms with Crippen molar-refractivity contribution in [2.75, 3.05) is 18.0 Å². The average molecular weight is 302 g/mol. The molecule has 0 radical (unpaired) electrons. The van der Waals surface area contributed by atoms with Gasteiger partial charge in [-0.15, -0.1) is 0 Å². The number of benzene rings is 1. The number of aryl methyl sites for hydroxylation is 2. The summed E-state index contributed by atoms with van der Waals surface area (Å²) in [6.07, 6.45) is 0.0281. The van der Waals surface area contributed by atoms with Crippen molar-refractivity contribution in [3.8, 4) is 5.75 Å². The van der Waals surface area contributed by atoms with Crippen LogP contribution in [0, 0.1) is 19.7 Å². The lowest BCUT2D eigenvalue weighted by atomic mass is 10.1. The van der Waals surface area contributed by atoms with Crippen LogP contribution in [-0.4, -0.2) is 29.3 Å². The van der Waals surface area contributed by atoms with Gasteiger partial charge in [-0.05, 0) is 32.0 Å². The lowest BCUT2D eigenvalue weighted by Gasteiger charge is -2.41. The van der Waals surface area contributed by atoms with E-state index in [4.69, 9.17) is 9.84 Å². The average Bonchev–Trinajstić information content (AvgIpc) is 2.45. The molecular weight excluding hydrogens is 283 g/mol. The predicted molar refractivity (Wildman–Crippen MR) is 82.7 cm³/mol. The van der Waals surface area contributed by atoms with Gasteiger partial charge in [-0.2, -0.15) is 0 Å². The Hall–Kier alpha value is -2.14. The van der Waals surface area contributed by atoms with E-state index in [2.05, 4.69) is 4.98 Å². The number of aliphatic hydroxyl groups excluding tert-OH is 1. The summed E-state index contributed by atoms with van der Waals surface area (Å²) in [6.45, 7) is 4.82. The number of halogens is 1. The molecule has 22 heavy (non-hydrogen) atoms. The third-order valence-electron chi connectivity index (χ3n) is 3.89. The number of rotatable bonds is 4. The zero-order valence-electron chi connectivity index (χ0n) is 12.7. The summed E-state index contributed by atoms with van der Waals surface area (Å²) in [5.41, 5.74) is 2.67. The summed E-state index contributed by atoms with van der Waals surface area (Å²) in [4.78, 5) is 6.29. The standard InChI is InChI=1S/C17H19FN2O2/c1-11-6-7-16(12(2)19-11)22-14-8-20(9-14)15-5-3-4-13(10-21)17(15)18/h3-7,14,21H,8-10H2,1-2H3. The lowest BCUT2D eigenvalue weighted by Crippen LogP contribution is -2.54. The number of aromatic nitrogens is 1. The van der Waals surface area contributed by atoms with Crippen LogP contribution in [-0.2, 0) is 6.61 Å². The summed E-state index contributed by atoms with van der Waals surface area (Å²) in [5, 5.41) is 9.12. The summed E-state index contributed by atoms with van der Waals surface area (Å²) >= 11 is 0. The third-order valence-corrected chi connectivity index (χ3v) is 3.89. The highest BCUT2D eigenvalue weighted by Gasteiger charge is 2.31. The van der Waals surface area contributed by atoms with Crippen molar-refractivity contribution in [2.45, 2.75) is 26.6 Å². The quantitative estimate of drug-likeness (QED) is 0.943. The van der Waals surface area contributed by atoms with Gasteiger partial charge in [0.05, 0.1) is 31.1 Å². The first-order valence-corrected chi connectivity index (χ1v) is 7.32. The Kier molecular flexibility index (Phi) is 3.98. The summed E-state index contributed by atoms with van der Waals surface area (Å²) in [7, 11) is 0. The van der Waals surface area contributed by atoms with Gasteiger partial charge < -0.3 is 14.7 Å². The number of nitrogens with zero attached hydrogens (tertiary/aromatic N) is 2. The van der Waals surface area contributed by atoms with Crippen LogP contribution in [0.15, 0.2) is 30.3 Å². The van der Waals surface area contributed by atoms with Crippen LogP contribution in [0.4, 0.5) is 10.1 Å². The molecule has 1 N–H and O–H groups in total. The number of hydrogen-bond donors (Lipinski definition) is 1. The highest BCUT2D eigenvalue weighted by atomic mass is 19.1. The Labute approximate surface area is 129 Å². The molecule has 0 unspecified atom stereocenters. The highest BCUT2D eigenvalue weighted by Crippen LogP contribution is 2.29. The van der Waals surface area contributed by atoms with E-state index in [-0.39, 0.29) is 18.5 Å². The lowest BCUT2D eigenvalue weighted by molar-refractivity contribution is 0.165. The maximum atomic E-state index is 14.2. The van der Waals surface area contributed by atoms with Crippen LogP contribution in [0.25, 0.3) is 0 Å². The first kappa shape index (κ1) is 14.8. The first-order chi connectivity index (χ1) is 10.6.